The Kier molecular flexibility index (Phi) is 4.94. The molecule has 0 aliphatic heterocycles. The molecule has 76 valence electrons. The molecule has 1 aromatic rings. The average molecular weight is 193 g/mol. The molecule has 1 aromatic carbocycles. The van der Waals surface area contributed by atoms with E-state index in [-0.39, 0.29) is 5.82 Å². The van der Waals surface area contributed by atoms with Crippen LogP contribution in [-0.2, 0) is 6.42 Å². The second kappa shape index (κ2) is 6.33. The molecule has 0 radical (unpaired) electrons. The van der Waals surface area contributed by atoms with Gasteiger partial charge in [-0.2, -0.15) is 0 Å². The van der Waals surface area contributed by atoms with Crippen LogP contribution in [0, 0.1) is 5.82 Å². The first-order valence-corrected chi connectivity index (χ1v) is 4.89. The molecule has 0 saturated carbocycles. The van der Waals surface area contributed by atoms with Crippen LogP contribution < -0.4 is 5.32 Å². The van der Waals surface area contributed by atoms with Gasteiger partial charge in [0.25, 0.3) is 0 Å². The Morgan fingerprint density at radius 2 is 1.93 bits per heavy atom. The highest BCUT2D eigenvalue weighted by molar-refractivity contribution is 5.16. The highest BCUT2D eigenvalue weighted by atomic mass is 19.1. The lowest BCUT2D eigenvalue weighted by Gasteiger charge is -2.02. The molecule has 0 amide bonds. The molecule has 14 heavy (non-hydrogen) atoms. The fourth-order valence-electron chi connectivity index (χ4n) is 1.21. The molecule has 0 atom stereocenters. The summed E-state index contributed by atoms with van der Waals surface area (Å²) < 4.78 is 12.5. The minimum atomic E-state index is -0.173. The number of benzene rings is 1. The normalized spacial score (nSPS) is 10.1. The van der Waals surface area contributed by atoms with Gasteiger partial charge in [0.15, 0.2) is 0 Å². The summed E-state index contributed by atoms with van der Waals surface area (Å²) in [6.45, 7) is 5.54. The number of hydrogen-bond acceptors (Lipinski definition) is 1. The number of hydrogen-bond donors (Lipinski definition) is 1. The quantitative estimate of drug-likeness (QED) is 0.540. The lowest BCUT2D eigenvalue weighted by atomic mass is 10.1. The van der Waals surface area contributed by atoms with E-state index in [9.17, 15) is 4.39 Å². The summed E-state index contributed by atoms with van der Waals surface area (Å²) in [4.78, 5) is 0. The van der Waals surface area contributed by atoms with E-state index < -0.39 is 0 Å². The van der Waals surface area contributed by atoms with Crippen LogP contribution in [0.15, 0.2) is 36.9 Å². The molecule has 0 heterocycles. The van der Waals surface area contributed by atoms with Crippen molar-refractivity contribution < 1.29 is 4.39 Å². The summed E-state index contributed by atoms with van der Waals surface area (Å²) in [5.74, 6) is -0.173. The van der Waals surface area contributed by atoms with Gasteiger partial charge in [0, 0.05) is 0 Å². The maximum atomic E-state index is 12.5. The zero-order valence-corrected chi connectivity index (χ0v) is 8.30. The van der Waals surface area contributed by atoms with Crippen LogP contribution in [0.4, 0.5) is 4.39 Å². The number of halogens is 1. The third kappa shape index (κ3) is 4.19. The first-order chi connectivity index (χ1) is 6.83. The van der Waals surface area contributed by atoms with Crippen molar-refractivity contribution in [2.45, 2.75) is 12.8 Å². The molecule has 1 N–H and O–H groups in total. The van der Waals surface area contributed by atoms with E-state index in [4.69, 9.17) is 0 Å². The Morgan fingerprint density at radius 3 is 2.57 bits per heavy atom. The van der Waals surface area contributed by atoms with Crippen molar-refractivity contribution in [1.29, 1.82) is 0 Å². The molecule has 1 nitrogen and oxygen atoms in total. The summed E-state index contributed by atoms with van der Waals surface area (Å²) in [6, 6.07) is 6.65. The van der Waals surface area contributed by atoms with Crippen molar-refractivity contribution >= 4 is 0 Å². The summed E-state index contributed by atoms with van der Waals surface area (Å²) >= 11 is 0. The molecule has 0 spiro atoms. The summed E-state index contributed by atoms with van der Waals surface area (Å²) in [5.41, 5.74) is 1.16. The van der Waals surface area contributed by atoms with Crippen molar-refractivity contribution in [2.24, 2.45) is 0 Å². The van der Waals surface area contributed by atoms with Crippen LogP contribution in [0.2, 0.25) is 0 Å². The Balaban J connectivity index is 2.18. The van der Waals surface area contributed by atoms with E-state index in [0.717, 1.165) is 31.5 Å². The van der Waals surface area contributed by atoms with E-state index in [1.54, 1.807) is 0 Å². The van der Waals surface area contributed by atoms with Gasteiger partial charge in [-0.05, 0) is 43.6 Å². The van der Waals surface area contributed by atoms with Crippen molar-refractivity contribution in [3.63, 3.8) is 0 Å². The number of nitrogens with one attached hydrogen (secondary N) is 1. The lowest BCUT2D eigenvalue weighted by molar-refractivity contribution is 0.626. The molecular formula is C12H16FN. The summed E-state index contributed by atoms with van der Waals surface area (Å²) in [6.07, 6.45) is 3.83. The third-order valence-electron chi connectivity index (χ3n) is 2.03. The fourth-order valence-corrected chi connectivity index (χ4v) is 1.21. The van der Waals surface area contributed by atoms with E-state index in [1.165, 1.54) is 12.1 Å². The Morgan fingerprint density at radius 1 is 1.21 bits per heavy atom. The molecule has 0 saturated heterocycles. The maximum absolute atomic E-state index is 12.5. The van der Waals surface area contributed by atoms with Crippen LogP contribution >= 0.6 is 0 Å². The zero-order valence-electron chi connectivity index (χ0n) is 8.30. The molecule has 0 bridgehead atoms. The predicted molar refractivity (Wildman–Crippen MR) is 57.8 cm³/mol. The highest BCUT2D eigenvalue weighted by Gasteiger charge is 1.93. The van der Waals surface area contributed by atoms with E-state index in [1.807, 2.05) is 18.2 Å². The molecule has 0 aliphatic rings. The largest absolute Gasteiger partial charge is 0.316 e. The van der Waals surface area contributed by atoms with Gasteiger partial charge >= 0.3 is 0 Å². The molecule has 0 fully saturated rings. The highest BCUT2D eigenvalue weighted by Crippen LogP contribution is 2.02. The van der Waals surface area contributed by atoms with Crippen molar-refractivity contribution in [2.75, 3.05) is 13.1 Å². The zero-order chi connectivity index (χ0) is 10.2. The Hall–Kier alpha value is -1.15. The van der Waals surface area contributed by atoms with E-state index >= 15 is 0 Å². The molecule has 1 rings (SSSR count). The van der Waals surface area contributed by atoms with Crippen LogP contribution in [0.3, 0.4) is 0 Å². The minimum absolute atomic E-state index is 0.173. The van der Waals surface area contributed by atoms with E-state index in [2.05, 4.69) is 11.9 Å². The SMILES string of the molecule is C=CCCNCCc1ccc(F)cc1. The van der Waals surface area contributed by atoms with Crippen molar-refractivity contribution in [3.05, 3.63) is 48.3 Å². The Labute approximate surface area is 84.6 Å². The molecule has 2 heteroatoms. The molecule has 0 unspecified atom stereocenters. The number of rotatable bonds is 6. The maximum Gasteiger partial charge on any atom is 0.123 e. The standard InChI is InChI=1S/C12H16FN/c1-2-3-9-14-10-8-11-4-6-12(13)7-5-11/h2,4-7,14H,1,3,8-10H2. The smallest absolute Gasteiger partial charge is 0.123 e. The van der Waals surface area contributed by atoms with Crippen LogP contribution in [0.1, 0.15) is 12.0 Å². The summed E-state index contributed by atoms with van der Waals surface area (Å²) in [7, 11) is 0. The molecular weight excluding hydrogens is 177 g/mol. The third-order valence-corrected chi connectivity index (χ3v) is 2.03. The molecule has 0 aromatic heterocycles. The van der Waals surface area contributed by atoms with Gasteiger partial charge in [0.1, 0.15) is 5.82 Å². The predicted octanol–water partition coefficient (Wildman–Crippen LogP) is 2.53. The average Bonchev–Trinajstić information content (AvgIpc) is 2.21. The second-order valence-electron chi connectivity index (χ2n) is 3.20. The van der Waals surface area contributed by atoms with Gasteiger partial charge < -0.3 is 5.32 Å². The molecule has 0 aliphatic carbocycles. The summed E-state index contributed by atoms with van der Waals surface area (Å²) in [5, 5.41) is 3.28. The van der Waals surface area contributed by atoms with Crippen molar-refractivity contribution in [3.8, 4) is 0 Å². The second-order valence-corrected chi connectivity index (χ2v) is 3.20. The van der Waals surface area contributed by atoms with Gasteiger partial charge in [-0.15, -0.1) is 6.58 Å². The minimum Gasteiger partial charge on any atom is -0.316 e. The van der Waals surface area contributed by atoms with Gasteiger partial charge in [-0.3, -0.25) is 0 Å². The van der Waals surface area contributed by atoms with Crippen molar-refractivity contribution in [1.82, 2.24) is 5.32 Å². The van der Waals surface area contributed by atoms with Crippen LogP contribution in [-0.4, -0.2) is 13.1 Å². The lowest BCUT2D eigenvalue weighted by Crippen LogP contribution is -2.17. The monoisotopic (exact) mass is 193 g/mol. The van der Waals surface area contributed by atoms with Crippen LogP contribution in [0.5, 0.6) is 0 Å². The first kappa shape index (κ1) is 10.9. The van der Waals surface area contributed by atoms with Gasteiger partial charge in [-0.25, -0.2) is 4.39 Å². The van der Waals surface area contributed by atoms with Crippen LogP contribution in [0.25, 0.3) is 0 Å². The van der Waals surface area contributed by atoms with Gasteiger partial charge in [0.05, 0.1) is 0 Å². The fraction of sp³-hybridized carbons (Fsp3) is 0.333. The van der Waals surface area contributed by atoms with Gasteiger partial charge in [0.2, 0.25) is 0 Å². The topological polar surface area (TPSA) is 12.0 Å². The first-order valence-electron chi connectivity index (χ1n) is 4.89. The Bertz CT molecular complexity index is 266. The van der Waals surface area contributed by atoms with E-state index in [0.29, 0.717) is 0 Å². The van der Waals surface area contributed by atoms with Gasteiger partial charge in [-0.1, -0.05) is 18.2 Å².